The summed E-state index contributed by atoms with van der Waals surface area (Å²) in [4.78, 5) is 0. The van der Waals surface area contributed by atoms with Crippen LogP contribution >= 0.6 is 0 Å². The van der Waals surface area contributed by atoms with Crippen LogP contribution in [0.15, 0.2) is 11.6 Å². The molecule has 0 spiro atoms. The molecule has 1 nitrogen and oxygen atoms in total. The van der Waals surface area contributed by atoms with E-state index in [-0.39, 0.29) is 0 Å². The van der Waals surface area contributed by atoms with E-state index in [1.807, 2.05) is 7.05 Å². The molecule has 1 heteroatoms. The highest BCUT2D eigenvalue weighted by Gasteiger charge is 2.22. The van der Waals surface area contributed by atoms with Gasteiger partial charge in [-0.3, -0.25) is 0 Å². The summed E-state index contributed by atoms with van der Waals surface area (Å²) in [5.41, 5.74) is 1.61. The molecule has 0 unspecified atom stereocenters. The Bertz CT molecular complexity index is 123. The maximum absolute atomic E-state index is 3.14. The van der Waals surface area contributed by atoms with Gasteiger partial charge in [0.1, 0.15) is 0 Å². The molecule has 0 aromatic heterocycles. The van der Waals surface area contributed by atoms with E-state index >= 15 is 0 Å². The van der Waals surface area contributed by atoms with Crippen LogP contribution < -0.4 is 5.32 Å². The van der Waals surface area contributed by atoms with Gasteiger partial charge >= 0.3 is 0 Å². The van der Waals surface area contributed by atoms with E-state index < -0.39 is 0 Å². The number of hydrogen-bond donors (Lipinski definition) is 1. The molecule has 1 saturated carbocycles. The second-order valence-corrected chi connectivity index (χ2v) is 3.11. The fourth-order valence-electron chi connectivity index (χ4n) is 1.15. The van der Waals surface area contributed by atoms with Crippen molar-refractivity contribution >= 4 is 0 Å². The lowest BCUT2D eigenvalue weighted by Gasteiger charge is -1.96. The standard InChI is InChI=1S/C9H17N/c1-8(9-5-6-9)4-3-7-10-2/h4,9-10H,3,5-7H2,1-2H3/b8-4-. The highest BCUT2D eigenvalue weighted by molar-refractivity contribution is 5.09. The monoisotopic (exact) mass is 139 g/mol. The molecule has 1 aliphatic rings. The minimum absolute atomic E-state index is 0.955. The van der Waals surface area contributed by atoms with Crippen LogP contribution in [0.4, 0.5) is 0 Å². The van der Waals surface area contributed by atoms with Gasteiger partial charge in [0.05, 0.1) is 0 Å². The lowest BCUT2D eigenvalue weighted by Crippen LogP contribution is -2.06. The fraction of sp³-hybridized carbons (Fsp3) is 0.778. The molecule has 10 heavy (non-hydrogen) atoms. The van der Waals surface area contributed by atoms with Gasteiger partial charge in [0.2, 0.25) is 0 Å². The molecular formula is C9H17N. The van der Waals surface area contributed by atoms with Gasteiger partial charge < -0.3 is 5.32 Å². The first-order valence-corrected chi connectivity index (χ1v) is 4.16. The van der Waals surface area contributed by atoms with Gasteiger partial charge in [-0.2, -0.15) is 0 Å². The molecule has 0 radical (unpaired) electrons. The smallest absolute Gasteiger partial charge is 0.00172 e. The van der Waals surface area contributed by atoms with Gasteiger partial charge in [-0.15, -0.1) is 0 Å². The molecular weight excluding hydrogens is 122 g/mol. The van der Waals surface area contributed by atoms with E-state index in [4.69, 9.17) is 0 Å². The van der Waals surface area contributed by atoms with Crippen molar-refractivity contribution in [2.75, 3.05) is 13.6 Å². The van der Waals surface area contributed by atoms with Crippen LogP contribution in [0.5, 0.6) is 0 Å². The van der Waals surface area contributed by atoms with Crippen LogP contribution in [0.1, 0.15) is 26.2 Å². The first-order valence-electron chi connectivity index (χ1n) is 4.16. The lowest BCUT2D eigenvalue weighted by atomic mass is 10.1. The second kappa shape index (κ2) is 3.77. The summed E-state index contributed by atoms with van der Waals surface area (Å²) in [6.45, 7) is 3.37. The van der Waals surface area contributed by atoms with E-state index in [1.165, 1.54) is 19.3 Å². The highest BCUT2D eigenvalue weighted by Crippen LogP contribution is 2.35. The Kier molecular flexibility index (Phi) is 2.94. The van der Waals surface area contributed by atoms with Crippen LogP contribution in [-0.4, -0.2) is 13.6 Å². The maximum atomic E-state index is 3.14. The molecule has 0 aromatic rings. The van der Waals surface area contributed by atoms with E-state index in [0.717, 1.165) is 12.5 Å². The van der Waals surface area contributed by atoms with Crippen LogP contribution in [0.25, 0.3) is 0 Å². The number of rotatable bonds is 4. The summed E-state index contributed by atoms with van der Waals surface area (Å²) in [6.07, 6.45) is 6.43. The molecule has 0 atom stereocenters. The molecule has 0 heterocycles. The Morgan fingerprint density at radius 2 is 2.30 bits per heavy atom. The second-order valence-electron chi connectivity index (χ2n) is 3.11. The summed E-state index contributed by atoms with van der Waals surface area (Å²) < 4.78 is 0. The predicted molar refractivity (Wildman–Crippen MR) is 45.0 cm³/mol. The largest absolute Gasteiger partial charge is 0.319 e. The molecule has 0 bridgehead atoms. The number of nitrogens with one attached hydrogen (secondary N) is 1. The fourth-order valence-corrected chi connectivity index (χ4v) is 1.15. The van der Waals surface area contributed by atoms with Crippen molar-refractivity contribution in [3.05, 3.63) is 11.6 Å². The summed E-state index contributed by atoms with van der Waals surface area (Å²) in [5.74, 6) is 0.955. The molecule has 0 aliphatic heterocycles. The molecule has 0 amide bonds. The summed E-state index contributed by atoms with van der Waals surface area (Å²) in [5, 5.41) is 3.14. The van der Waals surface area contributed by atoms with Crippen molar-refractivity contribution in [3.63, 3.8) is 0 Å². The molecule has 0 saturated heterocycles. The van der Waals surface area contributed by atoms with Gasteiger partial charge in [-0.25, -0.2) is 0 Å². The molecule has 1 rings (SSSR count). The third-order valence-corrected chi connectivity index (χ3v) is 2.08. The van der Waals surface area contributed by atoms with Gasteiger partial charge in [0, 0.05) is 0 Å². The average Bonchev–Trinajstić information content (AvgIpc) is 2.69. The van der Waals surface area contributed by atoms with E-state index in [9.17, 15) is 0 Å². The lowest BCUT2D eigenvalue weighted by molar-refractivity contribution is 0.799. The number of hydrogen-bond acceptors (Lipinski definition) is 1. The number of allylic oxidation sites excluding steroid dienone is 1. The third-order valence-electron chi connectivity index (χ3n) is 2.08. The van der Waals surface area contributed by atoms with Gasteiger partial charge in [0.15, 0.2) is 0 Å². The normalized spacial score (nSPS) is 19.6. The zero-order chi connectivity index (χ0) is 7.40. The van der Waals surface area contributed by atoms with Crippen molar-refractivity contribution in [1.82, 2.24) is 5.32 Å². The van der Waals surface area contributed by atoms with Gasteiger partial charge in [-0.1, -0.05) is 11.6 Å². The quantitative estimate of drug-likeness (QED) is 0.463. The van der Waals surface area contributed by atoms with Gasteiger partial charge in [-0.05, 0) is 45.7 Å². The van der Waals surface area contributed by atoms with E-state index in [0.29, 0.717) is 0 Å². The minimum Gasteiger partial charge on any atom is -0.319 e. The average molecular weight is 139 g/mol. The summed E-state index contributed by atoms with van der Waals surface area (Å²) in [6, 6.07) is 0. The van der Waals surface area contributed by atoms with Crippen LogP contribution in [0.3, 0.4) is 0 Å². The molecule has 1 N–H and O–H groups in total. The molecule has 58 valence electrons. The highest BCUT2D eigenvalue weighted by atomic mass is 14.8. The SMILES string of the molecule is CNCC/C=C(/C)C1CC1. The van der Waals surface area contributed by atoms with Crippen molar-refractivity contribution in [3.8, 4) is 0 Å². The first kappa shape index (κ1) is 7.80. The van der Waals surface area contributed by atoms with Gasteiger partial charge in [0.25, 0.3) is 0 Å². The van der Waals surface area contributed by atoms with Crippen molar-refractivity contribution in [2.45, 2.75) is 26.2 Å². The topological polar surface area (TPSA) is 12.0 Å². The summed E-state index contributed by atoms with van der Waals surface area (Å²) in [7, 11) is 2.00. The van der Waals surface area contributed by atoms with E-state index in [2.05, 4.69) is 18.3 Å². The molecule has 1 fully saturated rings. The Balaban J connectivity index is 2.11. The molecule has 0 aromatic carbocycles. The zero-order valence-corrected chi connectivity index (χ0v) is 6.98. The third kappa shape index (κ3) is 2.53. The van der Waals surface area contributed by atoms with Crippen molar-refractivity contribution in [1.29, 1.82) is 0 Å². The van der Waals surface area contributed by atoms with Crippen LogP contribution in [-0.2, 0) is 0 Å². The van der Waals surface area contributed by atoms with Crippen molar-refractivity contribution < 1.29 is 0 Å². The minimum atomic E-state index is 0.955. The Hall–Kier alpha value is -0.300. The first-order chi connectivity index (χ1) is 4.84. The van der Waals surface area contributed by atoms with Crippen molar-refractivity contribution in [2.24, 2.45) is 5.92 Å². The zero-order valence-electron chi connectivity index (χ0n) is 6.98. The summed E-state index contributed by atoms with van der Waals surface area (Å²) >= 11 is 0. The van der Waals surface area contributed by atoms with E-state index in [1.54, 1.807) is 5.57 Å². The Labute approximate surface area is 63.5 Å². The Morgan fingerprint density at radius 3 is 2.80 bits per heavy atom. The molecule has 1 aliphatic carbocycles. The van der Waals surface area contributed by atoms with Crippen LogP contribution in [0, 0.1) is 5.92 Å². The maximum Gasteiger partial charge on any atom is -0.00172 e. The predicted octanol–water partition coefficient (Wildman–Crippen LogP) is 1.95. The van der Waals surface area contributed by atoms with Crippen LogP contribution in [0.2, 0.25) is 0 Å². The Morgan fingerprint density at radius 1 is 1.60 bits per heavy atom.